The summed E-state index contributed by atoms with van der Waals surface area (Å²) in [5, 5.41) is 2.92. The minimum atomic E-state index is -0.419. The van der Waals surface area contributed by atoms with Crippen LogP contribution in [0.2, 0.25) is 0 Å². The topological polar surface area (TPSA) is 50.8 Å². The van der Waals surface area contributed by atoms with Gasteiger partial charge in [-0.15, -0.1) is 0 Å². The highest BCUT2D eigenvalue weighted by Gasteiger charge is 2.35. The van der Waals surface area contributed by atoms with Crippen LogP contribution in [0.15, 0.2) is 0 Å². The second-order valence-electron chi connectivity index (χ2n) is 6.12. The van der Waals surface area contributed by atoms with Crippen molar-refractivity contribution in [3.05, 3.63) is 0 Å². The molecule has 1 aliphatic carbocycles. The number of nitrogens with zero attached hydrogens (tertiary/aromatic N) is 1. The number of hydrogen-bond acceptors (Lipinski definition) is 4. The predicted octanol–water partition coefficient (Wildman–Crippen LogP) is 1.37. The highest BCUT2D eigenvalue weighted by Crippen LogP contribution is 2.26. The van der Waals surface area contributed by atoms with Crippen molar-refractivity contribution in [2.75, 3.05) is 26.3 Å². The second kappa shape index (κ2) is 5.45. The molecule has 5 nitrogen and oxygen atoms in total. The monoisotopic (exact) mass is 256 g/mol. The van der Waals surface area contributed by atoms with E-state index in [2.05, 4.69) is 10.2 Å². The fraction of sp³-hybridized carbons (Fsp3) is 0.923. The first-order valence-corrected chi connectivity index (χ1v) is 6.75. The number of carbonyl (C=O) groups is 1. The Labute approximate surface area is 109 Å². The van der Waals surface area contributed by atoms with Crippen molar-refractivity contribution in [3.8, 4) is 0 Å². The third kappa shape index (κ3) is 3.85. The third-order valence-corrected chi connectivity index (χ3v) is 3.40. The van der Waals surface area contributed by atoms with Gasteiger partial charge >= 0.3 is 6.09 Å². The molecule has 0 spiro atoms. The molecule has 1 amide bonds. The van der Waals surface area contributed by atoms with E-state index in [1.165, 1.54) is 0 Å². The van der Waals surface area contributed by atoms with Gasteiger partial charge in [-0.05, 0) is 33.6 Å². The predicted molar refractivity (Wildman–Crippen MR) is 68.6 cm³/mol. The maximum atomic E-state index is 11.6. The van der Waals surface area contributed by atoms with Crippen LogP contribution in [0.5, 0.6) is 0 Å². The van der Waals surface area contributed by atoms with Crippen LogP contribution in [-0.2, 0) is 9.47 Å². The van der Waals surface area contributed by atoms with Gasteiger partial charge in [0.2, 0.25) is 0 Å². The molecule has 0 aromatic rings. The average molecular weight is 256 g/mol. The standard InChI is InChI=1S/C13H24N2O3/c1-13(2,3)18-12(16)14-10-8-11(9-10)15-4-6-17-7-5-15/h10-11H,4-9H2,1-3H3,(H,14,16)/t10-,11-. The molecule has 0 bridgehead atoms. The Hall–Kier alpha value is -0.810. The van der Waals surface area contributed by atoms with Crippen molar-refractivity contribution in [2.24, 2.45) is 0 Å². The Morgan fingerprint density at radius 2 is 1.89 bits per heavy atom. The summed E-state index contributed by atoms with van der Waals surface area (Å²) in [7, 11) is 0. The van der Waals surface area contributed by atoms with Gasteiger partial charge in [-0.2, -0.15) is 0 Å². The summed E-state index contributed by atoms with van der Waals surface area (Å²) < 4.78 is 10.6. The van der Waals surface area contributed by atoms with E-state index >= 15 is 0 Å². The first-order valence-electron chi connectivity index (χ1n) is 6.75. The van der Waals surface area contributed by atoms with Crippen LogP contribution in [0, 0.1) is 0 Å². The molecule has 1 saturated carbocycles. The van der Waals surface area contributed by atoms with Gasteiger partial charge in [0.1, 0.15) is 5.60 Å². The molecular weight excluding hydrogens is 232 g/mol. The van der Waals surface area contributed by atoms with Crippen molar-refractivity contribution in [2.45, 2.75) is 51.3 Å². The van der Waals surface area contributed by atoms with Crippen molar-refractivity contribution in [1.29, 1.82) is 0 Å². The molecule has 1 N–H and O–H groups in total. The Kier molecular flexibility index (Phi) is 4.12. The molecule has 0 aromatic carbocycles. The van der Waals surface area contributed by atoms with Crippen LogP contribution in [0.4, 0.5) is 4.79 Å². The van der Waals surface area contributed by atoms with E-state index in [4.69, 9.17) is 9.47 Å². The zero-order valence-electron chi connectivity index (χ0n) is 11.6. The molecule has 2 fully saturated rings. The summed E-state index contributed by atoms with van der Waals surface area (Å²) in [6.07, 6.45) is 1.76. The quantitative estimate of drug-likeness (QED) is 0.811. The third-order valence-electron chi connectivity index (χ3n) is 3.40. The van der Waals surface area contributed by atoms with Crippen LogP contribution >= 0.6 is 0 Å². The lowest BCUT2D eigenvalue weighted by molar-refractivity contribution is -0.0123. The fourth-order valence-electron chi connectivity index (χ4n) is 2.42. The van der Waals surface area contributed by atoms with E-state index in [-0.39, 0.29) is 12.1 Å². The maximum Gasteiger partial charge on any atom is 0.407 e. The first kappa shape index (κ1) is 13.6. The molecule has 5 heteroatoms. The minimum Gasteiger partial charge on any atom is -0.444 e. The highest BCUT2D eigenvalue weighted by atomic mass is 16.6. The van der Waals surface area contributed by atoms with Crippen molar-refractivity contribution < 1.29 is 14.3 Å². The molecule has 0 aromatic heterocycles. The van der Waals surface area contributed by atoms with Crippen LogP contribution in [0.3, 0.4) is 0 Å². The number of amides is 1. The summed E-state index contributed by atoms with van der Waals surface area (Å²) >= 11 is 0. The zero-order chi connectivity index (χ0) is 13.2. The minimum absolute atomic E-state index is 0.271. The van der Waals surface area contributed by atoms with Gasteiger partial charge in [-0.1, -0.05) is 0 Å². The van der Waals surface area contributed by atoms with Crippen LogP contribution in [0.25, 0.3) is 0 Å². The van der Waals surface area contributed by atoms with E-state index in [0.717, 1.165) is 39.1 Å². The van der Waals surface area contributed by atoms with Gasteiger partial charge in [0, 0.05) is 25.2 Å². The molecular formula is C13H24N2O3. The molecule has 0 radical (unpaired) electrons. The molecule has 18 heavy (non-hydrogen) atoms. The van der Waals surface area contributed by atoms with E-state index in [0.29, 0.717) is 6.04 Å². The molecule has 2 rings (SSSR count). The summed E-state index contributed by atoms with van der Waals surface area (Å²) in [6.45, 7) is 9.34. The molecule has 0 unspecified atom stereocenters. The van der Waals surface area contributed by atoms with Crippen molar-refractivity contribution >= 4 is 6.09 Å². The summed E-state index contributed by atoms with van der Waals surface area (Å²) in [5.74, 6) is 0. The molecule has 0 atom stereocenters. The smallest absolute Gasteiger partial charge is 0.407 e. The SMILES string of the molecule is CC(C)(C)OC(=O)N[C@H]1C[C@H](N2CCOCC2)C1. The van der Waals surface area contributed by atoms with Crippen molar-refractivity contribution in [1.82, 2.24) is 10.2 Å². The van der Waals surface area contributed by atoms with E-state index in [1.54, 1.807) is 0 Å². The fourth-order valence-corrected chi connectivity index (χ4v) is 2.42. The van der Waals surface area contributed by atoms with Crippen molar-refractivity contribution in [3.63, 3.8) is 0 Å². The van der Waals surface area contributed by atoms with Crippen LogP contribution < -0.4 is 5.32 Å². The Morgan fingerprint density at radius 3 is 2.44 bits per heavy atom. The number of morpholine rings is 1. The molecule has 1 aliphatic heterocycles. The van der Waals surface area contributed by atoms with E-state index < -0.39 is 5.60 Å². The number of carbonyl (C=O) groups excluding carboxylic acids is 1. The van der Waals surface area contributed by atoms with Crippen LogP contribution in [-0.4, -0.2) is 55.0 Å². The van der Waals surface area contributed by atoms with Gasteiger partial charge in [-0.3, -0.25) is 4.90 Å². The lowest BCUT2D eigenvalue weighted by Crippen LogP contribution is -2.56. The Balaban J connectivity index is 1.65. The molecule has 2 aliphatic rings. The number of hydrogen-bond donors (Lipinski definition) is 1. The molecule has 104 valence electrons. The largest absolute Gasteiger partial charge is 0.444 e. The Morgan fingerprint density at radius 1 is 1.28 bits per heavy atom. The molecule has 1 saturated heterocycles. The van der Waals surface area contributed by atoms with Gasteiger partial charge in [0.25, 0.3) is 0 Å². The summed E-state index contributed by atoms with van der Waals surface area (Å²) in [5.41, 5.74) is -0.419. The lowest BCUT2D eigenvalue weighted by atomic mass is 9.85. The lowest BCUT2D eigenvalue weighted by Gasteiger charge is -2.44. The zero-order valence-corrected chi connectivity index (χ0v) is 11.6. The Bertz CT molecular complexity index is 289. The van der Waals surface area contributed by atoms with Crippen LogP contribution in [0.1, 0.15) is 33.6 Å². The van der Waals surface area contributed by atoms with E-state index in [9.17, 15) is 4.79 Å². The highest BCUT2D eigenvalue weighted by molar-refractivity contribution is 5.68. The number of nitrogens with one attached hydrogen (secondary N) is 1. The number of alkyl carbamates (subject to hydrolysis) is 1. The van der Waals surface area contributed by atoms with Gasteiger partial charge in [-0.25, -0.2) is 4.79 Å². The first-order chi connectivity index (χ1) is 8.44. The average Bonchev–Trinajstić information content (AvgIpc) is 2.21. The van der Waals surface area contributed by atoms with Gasteiger partial charge in [0.05, 0.1) is 13.2 Å². The summed E-state index contributed by atoms with van der Waals surface area (Å²) in [4.78, 5) is 14.0. The molecule has 1 heterocycles. The van der Waals surface area contributed by atoms with E-state index in [1.807, 2.05) is 20.8 Å². The van der Waals surface area contributed by atoms with Gasteiger partial charge in [0.15, 0.2) is 0 Å². The number of ether oxygens (including phenoxy) is 2. The second-order valence-corrected chi connectivity index (χ2v) is 6.12. The maximum absolute atomic E-state index is 11.6. The summed E-state index contributed by atoms with van der Waals surface area (Å²) in [6, 6.07) is 0.876. The number of rotatable bonds is 2. The van der Waals surface area contributed by atoms with Gasteiger partial charge < -0.3 is 14.8 Å². The normalized spacial score (nSPS) is 29.5.